The maximum absolute atomic E-state index is 12.8. The van der Waals surface area contributed by atoms with Crippen LogP contribution >= 0.6 is 46.2 Å². The zero-order chi connectivity index (χ0) is 19.2. The van der Waals surface area contributed by atoms with Crippen LogP contribution in [0.2, 0.25) is 0 Å². The number of carbonyl (C=O) groups excluding carboxylic acids is 2. The molecule has 1 fully saturated rings. The van der Waals surface area contributed by atoms with E-state index in [2.05, 4.69) is 10.6 Å². The van der Waals surface area contributed by atoms with Gasteiger partial charge in [0.25, 0.3) is 11.8 Å². The van der Waals surface area contributed by atoms with Crippen LogP contribution in [0.25, 0.3) is 0 Å². The SMILES string of the molecule is CSc1ccsc1C(=O)N[C@@H]1CCCCC[C@H]1NC(=O)c1sccc1SC. The van der Waals surface area contributed by atoms with Gasteiger partial charge in [0.2, 0.25) is 0 Å². The quantitative estimate of drug-likeness (QED) is 0.484. The van der Waals surface area contributed by atoms with E-state index in [1.54, 1.807) is 23.5 Å². The second-order valence-corrected chi connectivity index (χ2v) is 9.96. The Morgan fingerprint density at radius 3 is 1.70 bits per heavy atom. The summed E-state index contributed by atoms with van der Waals surface area (Å²) in [5.74, 6) is -0.0529. The summed E-state index contributed by atoms with van der Waals surface area (Å²) in [4.78, 5) is 29.1. The molecule has 0 unspecified atom stereocenters. The molecule has 2 aromatic heterocycles. The highest BCUT2D eigenvalue weighted by molar-refractivity contribution is 7.99. The van der Waals surface area contributed by atoms with E-state index in [0.717, 1.165) is 51.6 Å². The number of thioether (sulfide) groups is 2. The van der Waals surface area contributed by atoms with Gasteiger partial charge in [-0.3, -0.25) is 9.59 Å². The normalized spacial score (nSPS) is 20.1. The molecule has 3 rings (SSSR count). The summed E-state index contributed by atoms with van der Waals surface area (Å²) in [6.45, 7) is 0. The van der Waals surface area contributed by atoms with Crippen molar-refractivity contribution in [1.29, 1.82) is 0 Å². The average molecular weight is 441 g/mol. The molecule has 27 heavy (non-hydrogen) atoms. The molecule has 2 aromatic rings. The molecule has 1 aliphatic rings. The Kier molecular flexibility index (Phi) is 7.69. The van der Waals surface area contributed by atoms with Crippen molar-refractivity contribution in [1.82, 2.24) is 10.6 Å². The van der Waals surface area contributed by atoms with Gasteiger partial charge in [0.15, 0.2) is 0 Å². The van der Waals surface area contributed by atoms with E-state index in [1.165, 1.54) is 22.7 Å². The fourth-order valence-electron chi connectivity index (χ4n) is 3.37. The van der Waals surface area contributed by atoms with Gasteiger partial charge in [-0.05, 0) is 48.2 Å². The molecule has 0 bridgehead atoms. The van der Waals surface area contributed by atoms with Gasteiger partial charge in [-0.2, -0.15) is 0 Å². The van der Waals surface area contributed by atoms with Crippen molar-refractivity contribution in [2.75, 3.05) is 12.5 Å². The number of rotatable bonds is 6. The lowest BCUT2D eigenvalue weighted by Gasteiger charge is -2.27. The van der Waals surface area contributed by atoms with E-state index in [0.29, 0.717) is 0 Å². The molecule has 0 aliphatic heterocycles. The van der Waals surface area contributed by atoms with Crippen molar-refractivity contribution < 1.29 is 9.59 Å². The van der Waals surface area contributed by atoms with Crippen LogP contribution in [0.15, 0.2) is 32.7 Å². The molecule has 0 aromatic carbocycles. The van der Waals surface area contributed by atoms with E-state index in [9.17, 15) is 9.59 Å². The number of carbonyl (C=O) groups is 2. The monoisotopic (exact) mass is 440 g/mol. The molecule has 2 atom stereocenters. The predicted octanol–water partition coefficient (Wildman–Crippen LogP) is 5.11. The summed E-state index contributed by atoms with van der Waals surface area (Å²) < 4.78 is 0. The van der Waals surface area contributed by atoms with Gasteiger partial charge in [-0.25, -0.2) is 0 Å². The Bertz CT molecular complexity index is 722. The standard InChI is InChI=1S/C19H24N2O2S4/c1-24-14-8-10-26-16(14)18(22)20-12-6-4-3-5-7-13(12)21-19(23)17-15(25-2)9-11-27-17/h8-13H,3-7H2,1-2H3,(H,20,22)(H,21,23)/t12-,13-/m1/s1. The number of amides is 2. The first-order valence-corrected chi connectivity index (χ1v) is 13.2. The van der Waals surface area contributed by atoms with E-state index < -0.39 is 0 Å². The smallest absolute Gasteiger partial charge is 0.262 e. The lowest BCUT2D eigenvalue weighted by Crippen LogP contribution is -2.51. The fraction of sp³-hybridized carbons (Fsp3) is 0.474. The molecule has 4 nitrogen and oxygen atoms in total. The summed E-state index contributed by atoms with van der Waals surface area (Å²) in [7, 11) is 0. The third kappa shape index (κ3) is 5.10. The highest BCUT2D eigenvalue weighted by atomic mass is 32.2. The molecule has 1 saturated carbocycles. The van der Waals surface area contributed by atoms with Crippen LogP contribution in [0.3, 0.4) is 0 Å². The number of thiophene rings is 2. The van der Waals surface area contributed by atoms with Gasteiger partial charge in [-0.15, -0.1) is 46.2 Å². The minimum Gasteiger partial charge on any atom is -0.347 e. The summed E-state index contributed by atoms with van der Waals surface area (Å²) in [6.07, 6.45) is 9.06. The molecule has 8 heteroatoms. The molecular weight excluding hydrogens is 416 g/mol. The lowest BCUT2D eigenvalue weighted by atomic mass is 10.0. The van der Waals surface area contributed by atoms with Gasteiger partial charge >= 0.3 is 0 Å². The Balaban J connectivity index is 1.72. The van der Waals surface area contributed by atoms with Gasteiger partial charge in [0, 0.05) is 21.9 Å². The van der Waals surface area contributed by atoms with Gasteiger partial charge in [-0.1, -0.05) is 19.3 Å². The van der Waals surface area contributed by atoms with E-state index >= 15 is 0 Å². The first kappa shape index (κ1) is 20.8. The highest BCUT2D eigenvalue weighted by Crippen LogP contribution is 2.28. The van der Waals surface area contributed by atoms with E-state index in [4.69, 9.17) is 0 Å². The zero-order valence-corrected chi connectivity index (χ0v) is 18.7. The van der Waals surface area contributed by atoms with Crippen molar-refractivity contribution in [2.45, 2.75) is 54.0 Å². The van der Waals surface area contributed by atoms with Crippen LogP contribution in [-0.4, -0.2) is 36.4 Å². The molecule has 0 saturated heterocycles. The summed E-state index contributed by atoms with van der Waals surface area (Å²) in [6, 6.07) is 3.91. The van der Waals surface area contributed by atoms with Crippen molar-refractivity contribution >= 4 is 58.0 Å². The number of nitrogens with one attached hydrogen (secondary N) is 2. The summed E-state index contributed by atoms with van der Waals surface area (Å²) >= 11 is 6.12. The molecular formula is C19H24N2O2S4. The van der Waals surface area contributed by atoms with Crippen LogP contribution in [0.4, 0.5) is 0 Å². The van der Waals surface area contributed by atoms with Crippen LogP contribution in [0.1, 0.15) is 51.4 Å². The Labute approximate surface area is 176 Å². The first-order chi connectivity index (χ1) is 13.1. The zero-order valence-electron chi connectivity index (χ0n) is 15.4. The van der Waals surface area contributed by atoms with Crippen molar-refractivity contribution in [2.24, 2.45) is 0 Å². The van der Waals surface area contributed by atoms with Crippen molar-refractivity contribution in [3.63, 3.8) is 0 Å². The predicted molar refractivity (Wildman–Crippen MR) is 118 cm³/mol. The molecule has 2 N–H and O–H groups in total. The Hall–Kier alpha value is -0.960. The maximum atomic E-state index is 12.8. The van der Waals surface area contributed by atoms with Crippen molar-refractivity contribution in [3.8, 4) is 0 Å². The average Bonchev–Trinajstić information content (AvgIpc) is 3.29. The van der Waals surface area contributed by atoms with Crippen LogP contribution in [0, 0.1) is 0 Å². The van der Waals surface area contributed by atoms with Crippen LogP contribution in [-0.2, 0) is 0 Å². The van der Waals surface area contributed by atoms with E-state index in [1.807, 2.05) is 35.4 Å². The van der Waals surface area contributed by atoms with Gasteiger partial charge in [0.05, 0.1) is 0 Å². The summed E-state index contributed by atoms with van der Waals surface area (Å²) in [5, 5.41) is 10.3. The molecule has 1 aliphatic carbocycles. The number of hydrogen-bond donors (Lipinski definition) is 2. The maximum Gasteiger partial charge on any atom is 0.262 e. The topological polar surface area (TPSA) is 58.2 Å². The van der Waals surface area contributed by atoms with Gasteiger partial charge in [0.1, 0.15) is 9.75 Å². The van der Waals surface area contributed by atoms with Gasteiger partial charge < -0.3 is 10.6 Å². The van der Waals surface area contributed by atoms with E-state index in [-0.39, 0.29) is 23.9 Å². The molecule has 0 spiro atoms. The second kappa shape index (κ2) is 10.0. The first-order valence-electron chi connectivity index (χ1n) is 8.98. The fourth-order valence-corrected chi connectivity index (χ4v) is 6.67. The van der Waals surface area contributed by atoms with Crippen LogP contribution < -0.4 is 10.6 Å². The minimum absolute atomic E-state index is 0.0265. The lowest BCUT2D eigenvalue weighted by molar-refractivity contribution is 0.0880. The molecule has 2 amide bonds. The molecule has 2 heterocycles. The molecule has 146 valence electrons. The Morgan fingerprint density at radius 2 is 1.30 bits per heavy atom. The van der Waals surface area contributed by atoms with Crippen molar-refractivity contribution in [3.05, 3.63) is 32.6 Å². The third-order valence-corrected chi connectivity index (χ3v) is 8.40. The summed E-state index contributed by atoms with van der Waals surface area (Å²) in [5.41, 5.74) is 0. The third-order valence-electron chi connectivity index (χ3n) is 4.76. The number of hydrogen-bond acceptors (Lipinski definition) is 6. The second-order valence-electron chi connectivity index (χ2n) is 6.43. The highest BCUT2D eigenvalue weighted by Gasteiger charge is 2.29. The van der Waals surface area contributed by atoms with Crippen LogP contribution in [0.5, 0.6) is 0 Å². The largest absolute Gasteiger partial charge is 0.347 e. The minimum atomic E-state index is -0.0292. The Morgan fingerprint density at radius 1 is 0.852 bits per heavy atom. The molecule has 0 radical (unpaired) electrons.